The number of allylic oxidation sites excluding steroid dienone is 1. The van der Waals surface area contributed by atoms with Crippen molar-refractivity contribution in [2.75, 3.05) is 25.9 Å². The number of nitrogens with one attached hydrogen (secondary N) is 1. The van der Waals surface area contributed by atoms with E-state index >= 15 is 0 Å². The highest BCUT2D eigenvalue weighted by atomic mass is 35.5. The maximum atomic E-state index is 11.9. The highest BCUT2D eigenvalue weighted by Gasteiger charge is 2.28. The first-order valence-electron chi connectivity index (χ1n) is 8.42. The number of halogens is 1. The summed E-state index contributed by atoms with van der Waals surface area (Å²) in [5.41, 5.74) is 0.826. The zero-order chi connectivity index (χ0) is 19.2. The number of hydrogen-bond donors (Lipinski definition) is 1. The first-order chi connectivity index (χ1) is 12.2. The fraction of sp³-hybridized carbons (Fsp3) is 0.444. The van der Waals surface area contributed by atoms with Crippen LogP contribution in [0.5, 0.6) is 0 Å². The van der Waals surface area contributed by atoms with Crippen molar-refractivity contribution < 1.29 is 18.0 Å². The Balaban J connectivity index is 1.68. The van der Waals surface area contributed by atoms with Crippen LogP contribution in [-0.2, 0) is 19.6 Å². The van der Waals surface area contributed by atoms with Gasteiger partial charge in [0.2, 0.25) is 15.9 Å². The van der Waals surface area contributed by atoms with Crippen LogP contribution in [0, 0.1) is 5.92 Å². The lowest BCUT2D eigenvalue weighted by Crippen LogP contribution is -2.32. The van der Waals surface area contributed by atoms with Crippen molar-refractivity contribution >= 4 is 39.4 Å². The van der Waals surface area contributed by atoms with Gasteiger partial charge in [0.05, 0.1) is 6.26 Å². The van der Waals surface area contributed by atoms with Crippen molar-refractivity contribution in [3.63, 3.8) is 0 Å². The van der Waals surface area contributed by atoms with Gasteiger partial charge in [0.15, 0.2) is 5.78 Å². The Morgan fingerprint density at radius 3 is 2.77 bits per heavy atom. The standard InChI is InChI=1S/C18H23ClN2O4S/c1-26(24,25)21-10-9-15(13-21)12-20-18(23)8-7-17(22)6-5-14-3-2-4-16(19)11-14/h2-6,11,15H,7-10,12-13H2,1H3,(H,20,23)/b6-5+. The Hall–Kier alpha value is -1.70. The molecular weight excluding hydrogens is 376 g/mol. The zero-order valence-electron chi connectivity index (χ0n) is 14.7. The van der Waals surface area contributed by atoms with Crippen LogP contribution < -0.4 is 5.32 Å². The molecule has 1 amide bonds. The smallest absolute Gasteiger partial charge is 0.220 e. The lowest BCUT2D eigenvalue weighted by atomic mass is 10.1. The Labute approximate surface area is 159 Å². The maximum absolute atomic E-state index is 11.9. The third kappa shape index (κ3) is 6.90. The summed E-state index contributed by atoms with van der Waals surface area (Å²) < 4.78 is 24.4. The van der Waals surface area contributed by atoms with Gasteiger partial charge < -0.3 is 5.32 Å². The first-order valence-corrected chi connectivity index (χ1v) is 10.6. The molecule has 1 aromatic carbocycles. The lowest BCUT2D eigenvalue weighted by molar-refractivity contribution is -0.124. The van der Waals surface area contributed by atoms with E-state index in [1.54, 1.807) is 24.3 Å². The molecule has 0 bridgehead atoms. The van der Waals surface area contributed by atoms with E-state index in [1.165, 1.54) is 16.6 Å². The van der Waals surface area contributed by atoms with Crippen molar-refractivity contribution in [1.82, 2.24) is 9.62 Å². The normalized spacial score (nSPS) is 18.3. The van der Waals surface area contributed by atoms with Crippen molar-refractivity contribution in [1.29, 1.82) is 0 Å². The molecular formula is C18H23ClN2O4S. The topological polar surface area (TPSA) is 83.6 Å². The molecule has 1 atom stereocenters. The average molecular weight is 399 g/mol. The van der Waals surface area contributed by atoms with Crippen molar-refractivity contribution in [3.05, 3.63) is 40.9 Å². The van der Waals surface area contributed by atoms with E-state index in [0.29, 0.717) is 24.7 Å². The number of ketones is 1. The average Bonchev–Trinajstić information content (AvgIpc) is 3.06. The summed E-state index contributed by atoms with van der Waals surface area (Å²) in [6, 6.07) is 7.14. The number of carbonyl (C=O) groups is 2. The Kier molecular flexibility index (Phi) is 7.37. The number of sulfonamides is 1. The van der Waals surface area contributed by atoms with Crippen LogP contribution in [0.2, 0.25) is 5.02 Å². The number of rotatable bonds is 8. The number of amides is 1. The van der Waals surface area contributed by atoms with Gasteiger partial charge in [-0.25, -0.2) is 12.7 Å². The van der Waals surface area contributed by atoms with Gasteiger partial charge in [0, 0.05) is 37.5 Å². The van der Waals surface area contributed by atoms with Gasteiger partial charge in [0.1, 0.15) is 0 Å². The van der Waals surface area contributed by atoms with Crippen molar-refractivity contribution in [2.45, 2.75) is 19.3 Å². The lowest BCUT2D eigenvalue weighted by Gasteiger charge is -2.13. The molecule has 1 N–H and O–H groups in total. The molecule has 1 saturated heterocycles. The van der Waals surface area contributed by atoms with Crippen LogP contribution in [0.15, 0.2) is 30.3 Å². The molecule has 0 aromatic heterocycles. The molecule has 1 fully saturated rings. The molecule has 1 heterocycles. The maximum Gasteiger partial charge on any atom is 0.220 e. The van der Waals surface area contributed by atoms with E-state index in [4.69, 9.17) is 11.6 Å². The summed E-state index contributed by atoms with van der Waals surface area (Å²) in [7, 11) is -3.17. The van der Waals surface area contributed by atoms with E-state index in [-0.39, 0.29) is 30.4 Å². The van der Waals surface area contributed by atoms with E-state index in [9.17, 15) is 18.0 Å². The molecule has 8 heteroatoms. The predicted molar refractivity (Wildman–Crippen MR) is 102 cm³/mol. The minimum atomic E-state index is -3.17. The van der Waals surface area contributed by atoms with Crippen LogP contribution in [0.1, 0.15) is 24.8 Å². The SMILES string of the molecule is CS(=O)(=O)N1CCC(CNC(=O)CCC(=O)/C=C/c2cccc(Cl)c2)C1. The Morgan fingerprint density at radius 2 is 2.12 bits per heavy atom. The minimum absolute atomic E-state index is 0.112. The molecule has 6 nitrogen and oxygen atoms in total. The van der Waals surface area contributed by atoms with E-state index in [2.05, 4.69) is 5.32 Å². The fourth-order valence-electron chi connectivity index (χ4n) is 2.73. The number of hydrogen-bond acceptors (Lipinski definition) is 4. The second kappa shape index (κ2) is 9.30. The molecule has 142 valence electrons. The first kappa shape index (κ1) is 20.6. The van der Waals surface area contributed by atoms with Gasteiger partial charge in [-0.2, -0.15) is 0 Å². The third-order valence-corrected chi connectivity index (χ3v) is 5.72. The quantitative estimate of drug-likeness (QED) is 0.679. The second-order valence-electron chi connectivity index (χ2n) is 6.43. The zero-order valence-corrected chi connectivity index (χ0v) is 16.2. The van der Waals surface area contributed by atoms with Gasteiger partial charge in [-0.3, -0.25) is 9.59 Å². The van der Waals surface area contributed by atoms with Gasteiger partial charge >= 0.3 is 0 Å². The third-order valence-electron chi connectivity index (χ3n) is 4.21. The molecule has 1 aromatic rings. The van der Waals surface area contributed by atoms with Gasteiger partial charge in [-0.05, 0) is 36.1 Å². The molecule has 0 spiro atoms. The number of carbonyl (C=O) groups excluding carboxylic acids is 2. The molecule has 2 rings (SSSR count). The van der Waals surface area contributed by atoms with Gasteiger partial charge in [-0.1, -0.05) is 29.8 Å². The fourth-order valence-corrected chi connectivity index (χ4v) is 3.85. The van der Waals surface area contributed by atoms with Crippen LogP contribution >= 0.6 is 11.6 Å². The highest BCUT2D eigenvalue weighted by molar-refractivity contribution is 7.88. The Bertz CT molecular complexity index is 792. The summed E-state index contributed by atoms with van der Waals surface area (Å²) in [5, 5.41) is 3.38. The Morgan fingerprint density at radius 1 is 1.35 bits per heavy atom. The number of benzene rings is 1. The van der Waals surface area contributed by atoms with E-state index in [1.807, 2.05) is 6.07 Å². The van der Waals surface area contributed by atoms with E-state index < -0.39 is 10.0 Å². The number of nitrogens with zero attached hydrogens (tertiary/aromatic N) is 1. The van der Waals surface area contributed by atoms with Gasteiger partial charge in [0.25, 0.3) is 0 Å². The molecule has 26 heavy (non-hydrogen) atoms. The van der Waals surface area contributed by atoms with E-state index in [0.717, 1.165) is 12.0 Å². The predicted octanol–water partition coefficient (Wildman–Crippen LogP) is 2.10. The minimum Gasteiger partial charge on any atom is -0.356 e. The molecule has 1 aliphatic heterocycles. The highest BCUT2D eigenvalue weighted by Crippen LogP contribution is 2.18. The summed E-state index contributed by atoms with van der Waals surface area (Å²) in [4.78, 5) is 23.7. The molecule has 1 unspecified atom stereocenters. The van der Waals surface area contributed by atoms with Crippen molar-refractivity contribution in [3.8, 4) is 0 Å². The molecule has 1 aliphatic rings. The summed E-state index contributed by atoms with van der Waals surface area (Å²) >= 11 is 5.88. The van der Waals surface area contributed by atoms with Crippen LogP contribution in [0.3, 0.4) is 0 Å². The molecule has 0 radical (unpaired) electrons. The summed E-state index contributed by atoms with van der Waals surface area (Å²) in [6.07, 6.45) is 5.28. The van der Waals surface area contributed by atoms with Crippen molar-refractivity contribution in [2.24, 2.45) is 5.92 Å². The molecule has 0 saturated carbocycles. The van der Waals surface area contributed by atoms with Gasteiger partial charge in [-0.15, -0.1) is 0 Å². The second-order valence-corrected chi connectivity index (χ2v) is 8.85. The monoisotopic (exact) mass is 398 g/mol. The van der Waals surface area contributed by atoms with Crippen LogP contribution in [0.4, 0.5) is 0 Å². The summed E-state index contributed by atoms with van der Waals surface area (Å²) in [6.45, 7) is 1.35. The van der Waals surface area contributed by atoms with Crippen LogP contribution in [-0.4, -0.2) is 50.3 Å². The molecule has 0 aliphatic carbocycles. The summed E-state index contributed by atoms with van der Waals surface area (Å²) in [5.74, 6) is -0.219. The largest absolute Gasteiger partial charge is 0.356 e. The van der Waals surface area contributed by atoms with Crippen LogP contribution in [0.25, 0.3) is 6.08 Å².